The van der Waals surface area contributed by atoms with Gasteiger partial charge in [0.1, 0.15) is 0 Å². The van der Waals surface area contributed by atoms with E-state index in [0.29, 0.717) is 0 Å². The fourth-order valence-corrected chi connectivity index (χ4v) is 3.15. The summed E-state index contributed by atoms with van der Waals surface area (Å²) in [6.45, 7) is 4.94. The van der Waals surface area contributed by atoms with E-state index >= 15 is 0 Å². The maximum atomic E-state index is 5.37. The predicted molar refractivity (Wildman–Crippen MR) is 76.4 cm³/mol. The van der Waals surface area contributed by atoms with Crippen LogP contribution in [0.15, 0.2) is 18.2 Å². The van der Waals surface area contributed by atoms with Gasteiger partial charge in [0.05, 0.1) is 10.2 Å². The second-order valence-electron chi connectivity index (χ2n) is 4.93. The Labute approximate surface area is 111 Å². The Balaban J connectivity index is 1.67. The number of hydrogen-bond acceptors (Lipinski definition) is 4. The van der Waals surface area contributed by atoms with Crippen LogP contribution in [0.1, 0.15) is 18.4 Å². The van der Waals surface area contributed by atoms with Crippen LogP contribution in [-0.4, -0.2) is 24.7 Å². The minimum absolute atomic E-state index is 0.729. The van der Waals surface area contributed by atoms with Gasteiger partial charge in [-0.15, -0.1) is 0 Å². The number of nitrogens with zero attached hydrogens (tertiary/aromatic N) is 1. The number of nitrogens with one attached hydrogen (secondary N) is 1. The largest absolute Gasteiger partial charge is 0.381 e. The van der Waals surface area contributed by atoms with Gasteiger partial charge in [0.25, 0.3) is 0 Å². The van der Waals surface area contributed by atoms with Crippen LogP contribution in [0.5, 0.6) is 0 Å². The minimum Gasteiger partial charge on any atom is -0.381 e. The molecule has 0 atom stereocenters. The molecule has 0 amide bonds. The van der Waals surface area contributed by atoms with Crippen molar-refractivity contribution in [3.63, 3.8) is 0 Å². The molecule has 1 saturated heterocycles. The van der Waals surface area contributed by atoms with E-state index in [0.717, 1.165) is 49.2 Å². The first-order valence-electron chi connectivity index (χ1n) is 6.50. The summed E-state index contributed by atoms with van der Waals surface area (Å²) < 4.78 is 6.63. The van der Waals surface area contributed by atoms with Gasteiger partial charge in [0.15, 0.2) is 5.13 Å². The molecule has 1 aliphatic rings. The average molecular weight is 262 g/mol. The molecule has 1 aliphatic heterocycles. The van der Waals surface area contributed by atoms with E-state index in [4.69, 9.17) is 4.74 Å². The molecule has 3 rings (SSSR count). The molecule has 18 heavy (non-hydrogen) atoms. The molecular weight excluding hydrogens is 244 g/mol. The summed E-state index contributed by atoms with van der Waals surface area (Å²) in [4.78, 5) is 4.63. The average Bonchev–Trinajstić information content (AvgIpc) is 2.79. The SMILES string of the molecule is Cc1ccc2sc(NCC3CCOCC3)nc2c1. The van der Waals surface area contributed by atoms with Gasteiger partial charge in [-0.05, 0) is 43.4 Å². The van der Waals surface area contributed by atoms with Gasteiger partial charge >= 0.3 is 0 Å². The van der Waals surface area contributed by atoms with Crippen molar-refractivity contribution >= 4 is 26.7 Å². The number of aryl methyl sites for hydroxylation is 1. The van der Waals surface area contributed by atoms with Gasteiger partial charge in [-0.25, -0.2) is 4.98 Å². The van der Waals surface area contributed by atoms with Crippen LogP contribution in [0.2, 0.25) is 0 Å². The Morgan fingerprint density at radius 2 is 2.22 bits per heavy atom. The molecule has 2 aromatic rings. The number of rotatable bonds is 3. The van der Waals surface area contributed by atoms with Crippen molar-refractivity contribution in [1.29, 1.82) is 0 Å². The Kier molecular flexibility index (Phi) is 3.48. The van der Waals surface area contributed by atoms with Gasteiger partial charge in [-0.2, -0.15) is 0 Å². The molecule has 3 nitrogen and oxygen atoms in total. The van der Waals surface area contributed by atoms with Crippen molar-refractivity contribution in [2.24, 2.45) is 5.92 Å². The standard InChI is InChI=1S/C14H18N2OS/c1-10-2-3-13-12(8-10)16-14(18-13)15-9-11-4-6-17-7-5-11/h2-3,8,11H,4-7,9H2,1H3,(H,15,16). The van der Waals surface area contributed by atoms with Gasteiger partial charge < -0.3 is 10.1 Å². The summed E-state index contributed by atoms with van der Waals surface area (Å²) in [5, 5.41) is 4.52. The van der Waals surface area contributed by atoms with Crippen molar-refractivity contribution in [3.05, 3.63) is 23.8 Å². The number of aromatic nitrogens is 1. The summed E-state index contributed by atoms with van der Waals surface area (Å²) >= 11 is 1.74. The summed E-state index contributed by atoms with van der Waals surface area (Å²) in [6.07, 6.45) is 2.33. The molecule has 0 bridgehead atoms. The molecule has 0 spiro atoms. The first-order chi connectivity index (χ1) is 8.81. The van der Waals surface area contributed by atoms with E-state index < -0.39 is 0 Å². The normalized spacial score (nSPS) is 17.2. The maximum absolute atomic E-state index is 5.37. The molecule has 0 unspecified atom stereocenters. The van der Waals surface area contributed by atoms with E-state index in [-0.39, 0.29) is 0 Å². The lowest BCUT2D eigenvalue weighted by Gasteiger charge is -2.21. The number of anilines is 1. The molecule has 1 aromatic heterocycles. The van der Waals surface area contributed by atoms with E-state index in [9.17, 15) is 0 Å². The molecule has 1 aromatic carbocycles. The van der Waals surface area contributed by atoms with Crippen molar-refractivity contribution in [2.45, 2.75) is 19.8 Å². The van der Waals surface area contributed by atoms with Crippen LogP contribution in [0.4, 0.5) is 5.13 Å². The third-order valence-corrected chi connectivity index (χ3v) is 4.42. The minimum atomic E-state index is 0.729. The third-order valence-electron chi connectivity index (χ3n) is 3.43. The van der Waals surface area contributed by atoms with Crippen LogP contribution < -0.4 is 5.32 Å². The zero-order valence-electron chi connectivity index (χ0n) is 10.6. The lowest BCUT2D eigenvalue weighted by molar-refractivity contribution is 0.0699. The van der Waals surface area contributed by atoms with E-state index in [2.05, 4.69) is 35.4 Å². The van der Waals surface area contributed by atoms with Crippen LogP contribution in [0, 0.1) is 12.8 Å². The van der Waals surface area contributed by atoms with E-state index in [1.54, 1.807) is 11.3 Å². The predicted octanol–water partition coefficient (Wildman–Crippen LogP) is 3.44. The molecule has 1 fully saturated rings. The van der Waals surface area contributed by atoms with Crippen molar-refractivity contribution < 1.29 is 4.74 Å². The molecule has 1 N–H and O–H groups in total. The Bertz CT molecular complexity index is 532. The highest BCUT2D eigenvalue weighted by atomic mass is 32.1. The van der Waals surface area contributed by atoms with Gasteiger partial charge in [0, 0.05) is 19.8 Å². The maximum Gasteiger partial charge on any atom is 0.183 e. The highest BCUT2D eigenvalue weighted by molar-refractivity contribution is 7.22. The molecular formula is C14H18N2OS. The number of benzene rings is 1. The van der Waals surface area contributed by atoms with Crippen molar-refractivity contribution in [1.82, 2.24) is 4.98 Å². The fourth-order valence-electron chi connectivity index (χ4n) is 2.30. The monoisotopic (exact) mass is 262 g/mol. The van der Waals surface area contributed by atoms with Crippen LogP contribution in [-0.2, 0) is 4.74 Å². The summed E-state index contributed by atoms with van der Waals surface area (Å²) in [5.74, 6) is 0.729. The first kappa shape index (κ1) is 11.9. The van der Waals surface area contributed by atoms with Crippen molar-refractivity contribution in [2.75, 3.05) is 25.1 Å². The summed E-state index contributed by atoms with van der Waals surface area (Å²) in [7, 11) is 0. The number of fused-ring (bicyclic) bond motifs is 1. The lowest BCUT2D eigenvalue weighted by Crippen LogP contribution is -2.22. The molecule has 4 heteroatoms. The van der Waals surface area contributed by atoms with E-state index in [1.165, 1.54) is 10.3 Å². The second kappa shape index (κ2) is 5.24. The second-order valence-corrected chi connectivity index (χ2v) is 5.96. The quantitative estimate of drug-likeness (QED) is 0.920. The zero-order chi connectivity index (χ0) is 12.4. The summed E-state index contributed by atoms with van der Waals surface area (Å²) in [6, 6.07) is 6.44. The topological polar surface area (TPSA) is 34.1 Å². The molecule has 0 saturated carbocycles. The Hall–Kier alpha value is -1.13. The highest BCUT2D eigenvalue weighted by Gasteiger charge is 2.14. The van der Waals surface area contributed by atoms with Crippen molar-refractivity contribution in [3.8, 4) is 0 Å². The Morgan fingerprint density at radius 3 is 3.06 bits per heavy atom. The molecule has 0 aliphatic carbocycles. The lowest BCUT2D eigenvalue weighted by atomic mass is 10.0. The number of thiazole rings is 1. The van der Waals surface area contributed by atoms with Crippen LogP contribution in [0.3, 0.4) is 0 Å². The first-order valence-corrected chi connectivity index (χ1v) is 7.32. The molecule has 0 radical (unpaired) electrons. The van der Waals surface area contributed by atoms with Gasteiger partial charge in [-0.1, -0.05) is 17.4 Å². The van der Waals surface area contributed by atoms with E-state index in [1.807, 2.05) is 0 Å². The van der Waals surface area contributed by atoms with Gasteiger partial charge in [-0.3, -0.25) is 0 Å². The summed E-state index contributed by atoms with van der Waals surface area (Å²) in [5.41, 5.74) is 2.37. The molecule has 2 heterocycles. The van der Waals surface area contributed by atoms with Crippen LogP contribution >= 0.6 is 11.3 Å². The fraction of sp³-hybridized carbons (Fsp3) is 0.500. The Morgan fingerprint density at radius 1 is 1.39 bits per heavy atom. The third kappa shape index (κ3) is 2.65. The molecule has 96 valence electrons. The highest BCUT2D eigenvalue weighted by Crippen LogP contribution is 2.27. The van der Waals surface area contributed by atoms with Crippen LogP contribution in [0.25, 0.3) is 10.2 Å². The van der Waals surface area contributed by atoms with Gasteiger partial charge in [0.2, 0.25) is 0 Å². The zero-order valence-corrected chi connectivity index (χ0v) is 11.4. The number of ether oxygens (including phenoxy) is 1. The smallest absolute Gasteiger partial charge is 0.183 e. The number of hydrogen-bond donors (Lipinski definition) is 1.